The highest BCUT2D eigenvalue weighted by molar-refractivity contribution is 7.89. The van der Waals surface area contributed by atoms with E-state index in [9.17, 15) is 13.2 Å². The SMILES string of the molecule is CC.CCN(CC(C)(C)CCC#N)S(=O)(=O)c1cccc(N(C)C(=O)OC(C)(C)C)c1. The van der Waals surface area contributed by atoms with Gasteiger partial charge in [-0.1, -0.05) is 40.7 Å². The maximum atomic E-state index is 13.2. The number of nitrogens with zero attached hydrogens (tertiary/aromatic N) is 3. The summed E-state index contributed by atoms with van der Waals surface area (Å²) in [7, 11) is -2.21. The second-order valence-electron chi connectivity index (χ2n) is 8.79. The molecule has 1 amide bonds. The number of hydrogen-bond donors (Lipinski definition) is 0. The molecular weight excluding hydrogens is 414 g/mol. The van der Waals surface area contributed by atoms with Gasteiger partial charge in [0.05, 0.1) is 11.0 Å². The lowest BCUT2D eigenvalue weighted by molar-refractivity contribution is 0.0589. The van der Waals surface area contributed by atoms with Gasteiger partial charge in [0.15, 0.2) is 0 Å². The Balaban J connectivity index is 0.00000436. The van der Waals surface area contributed by atoms with Crippen LogP contribution in [0.5, 0.6) is 0 Å². The average Bonchev–Trinajstić information content (AvgIpc) is 2.70. The molecule has 0 fully saturated rings. The van der Waals surface area contributed by atoms with E-state index in [1.807, 2.05) is 27.7 Å². The largest absolute Gasteiger partial charge is 0.443 e. The second kappa shape index (κ2) is 12.1. The number of rotatable bonds is 8. The molecule has 7 nitrogen and oxygen atoms in total. The van der Waals surface area contributed by atoms with Crippen molar-refractivity contribution in [3.63, 3.8) is 0 Å². The number of anilines is 1. The molecule has 8 heteroatoms. The van der Waals surface area contributed by atoms with Crippen LogP contribution >= 0.6 is 0 Å². The predicted molar refractivity (Wildman–Crippen MR) is 125 cm³/mol. The average molecular weight is 454 g/mol. The summed E-state index contributed by atoms with van der Waals surface area (Å²) in [6.07, 6.45) is 0.426. The lowest BCUT2D eigenvalue weighted by Crippen LogP contribution is -2.39. The first kappa shape index (κ1) is 28.9. The molecular formula is C23H39N3O4S. The lowest BCUT2D eigenvalue weighted by atomic mass is 9.88. The summed E-state index contributed by atoms with van der Waals surface area (Å²) in [5.74, 6) is 0. The Bertz CT molecular complexity index is 852. The molecule has 176 valence electrons. The standard InChI is InChI=1S/C21H33N3O4S.C2H6/c1-8-24(16-21(5,6)13-10-14-22)29(26,27)18-12-9-11-17(15-18)23(7)19(25)28-20(2,3)4;1-2/h9,11-12,15H,8,10,13,16H2,1-7H3;1-2H3. The minimum absolute atomic E-state index is 0.114. The molecule has 1 aromatic rings. The maximum absolute atomic E-state index is 13.2. The maximum Gasteiger partial charge on any atom is 0.414 e. The summed E-state index contributed by atoms with van der Waals surface area (Å²) < 4.78 is 33.2. The summed E-state index contributed by atoms with van der Waals surface area (Å²) in [6.45, 7) is 15.6. The van der Waals surface area contributed by atoms with E-state index in [4.69, 9.17) is 10.00 Å². The first-order valence-corrected chi connectivity index (χ1v) is 12.1. The van der Waals surface area contributed by atoms with Crippen molar-refractivity contribution in [1.82, 2.24) is 4.31 Å². The number of benzene rings is 1. The van der Waals surface area contributed by atoms with Crippen LogP contribution in [-0.2, 0) is 14.8 Å². The van der Waals surface area contributed by atoms with E-state index in [1.165, 1.54) is 21.3 Å². The van der Waals surface area contributed by atoms with E-state index in [0.29, 0.717) is 31.6 Å². The van der Waals surface area contributed by atoms with Crippen molar-refractivity contribution in [2.24, 2.45) is 5.41 Å². The van der Waals surface area contributed by atoms with Gasteiger partial charge in [-0.05, 0) is 50.8 Å². The Morgan fingerprint density at radius 3 is 2.23 bits per heavy atom. The molecule has 0 spiro atoms. The molecule has 0 N–H and O–H groups in total. The summed E-state index contributed by atoms with van der Waals surface area (Å²) in [5, 5.41) is 8.83. The van der Waals surface area contributed by atoms with Gasteiger partial charge in [0.25, 0.3) is 0 Å². The number of sulfonamides is 1. The van der Waals surface area contributed by atoms with Crippen LogP contribution < -0.4 is 4.90 Å². The van der Waals surface area contributed by atoms with Crippen LogP contribution in [0.25, 0.3) is 0 Å². The molecule has 0 saturated heterocycles. The van der Waals surface area contributed by atoms with Crippen molar-refractivity contribution in [2.75, 3.05) is 25.0 Å². The first-order chi connectivity index (χ1) is 14.2. The molecule has 0 radical (unpaired) electrons. The van der Waals surface area contributed by atoms with Crippen LogP contribution in [-0.4, -0.2) is 44.6 Å². The summed E-state index contributed by atoms with van der Waals surface area (Å²) in [6, 6.07) is 8.38. The number of amides is 1. The summed E-state index contributed by atoms with van der Waals surface area (Å²) in [4.78, 5) is 13.7. The van der Waals surface area contributed by atoms with Gasteiger partial charge in [0.1, 0.15) is 5.60 Å². The normalized spacial score (nSPS) is 11.9. The van der Waals surface area contributed by atoms with Crippen LogP contribution in [0.1, 0.15) is 68.2 Å². The molecule has 0 atom stereocenters. The smallest absolute Gasteiger partial charge is 0.414 e. The zero-order valence-electron chi connectivity index (χ0n) is 20.5. The van der Waals surface area contributed by atoms with Gasteiger partial charge in [-0.25, -0.2) is 13.2 Å². The van der Waals surface area contributed by atoms with Crippen LogP contribution in [0.3, 0.4) is 0 Å². The number of carbonyl (C=O) groups is 1. The van der Waals surface area contributed by atoms with Crippen LogP contribution in [0.15, 0.2) is 29.2 Å². The Hall–Kier alpha value is -2.11. The van der Waals surface area contributed by atoms with E-state index in [-0.39, 0.29) is 10.3 Å². The Morgan fingerprint density at radius 2 is 1.74 bits per heavy atom. The summed E-state index contributed by atoms with van der Waals surface area (Å²) in [5.41, 5.74) is -0.549. The highest BCUT2D eigenvalue weighted by Gasteiger charge is 2.30. The van der Waals surface area contributed by atoms with Gasteiger partial charge >= 0.3 is 6.09 Å². The Labute approximate surface area is 189 Å². The van der Waals surface area contributed by atoms with Crippen LogP contribution in [0, 0.1) is 16.7 Å². The first-order valence-electron chi connectivity index (χ1n) is 10.7. The van der Waals surface area contributed by atoms with Crippen molar-refractivity contribution in [2.45, 2.75) is 78.7 Å². The zero-order valence-corrected chi connectivity index (χ0v) is 21.3. The van der Waals surface area contributed by atoms with Gasteiger partial charge in [0.2, 0.25) is 10.0 Å². The van der Waals surface area contributed by atoms with E-state index in [1.54, 1.807) is 46.9 Å². The van der Waals surface area contributed by atoms with Crippen molar-refractivity contribution in [3.8, 4) is 6.07 Å². The third kappa shape index (κ3) is 9.28. The molecule has 1 aromatic carbocycles. The lowest BCUT2D eigenvalue weighted by Gasteiger charge is -2.31. The van der Waals surface area contributed by atoms with E-state index < -0.39 is 21.7 Å². The van der Waals surface area contributed by atoms with Crippen molar-refractivity contribution in [3.05, 3.63) is 24.3 Å². The van der Waals surface area contributed by atoms with Crippen molar-refractivity contribution < 1.29 is 17.9 Å². The van der Waals surface area contributed by atoms with Crippen LogP contribution in [0.4, 0.5) is 10.5 Å². The quantitative estimate of drug-likeness (QED) is 0.524. The van der Waals surface area contributed by atoms with Crippen molar-refractivity contribution >= 4 is 21.8 Å². The van der Waals surface area contributed by atoms with E-state index in [2.05, 4.69) is 6.07 Å². The number of ether oxygens (including phenoxy) is 1. The molecule has 0 aliphatic heterocycles. The van der Waals surface area contributed by atoms with E-state index >= 15 is 0 Å². The van der Waals surface area contributed by atoms with Gasteiger partial charge < -0.3 is 4.74 Å². The van der Waals surface area contributed by atoms with Crippen LogP contribution in [0.2, 0.25) is 0 Å². The number of carbonyl (C=O) groups excluding carboxylic acids is 1. The fourth-order valence-corrected chi connectivity index (χ4v) is 4.43. The monoisotopic (exact) mass is 453 g/mol. The fraction of sp³-hybridized carbons (Fsp3) is 0.652. The Morgan fingerprint density at radius 1 is 1.16 bits per heavy atom. The number of nitriles is 1. The fourth-order valence-electron chi connectivity index (χ4n) is 2.75. The van der Waals surface area contributed by atoms with Gasteiger partial charge in [-0.2, -0.15) is 9.57 Å². The highest BCUT2D eigenvalue weighted by Crippen LogP contribution is 2.28. The highest BCUT2D eigenvalue weighted by atomic mass is 32.2. The predicted octanol–water partition coefficient (Wildman–Crippen LogP) is 5.42. The molecule has 0 heterocycles. The minimum atomic E-state index is -3.75. The Kier molecular flexibility index (Phi) is 11.2. The van der Waals surface area contributed by atoms with Crippen molar-refractivity contribution in [1.29, 1.82) is 5.26 Å². The molecule has 31 heavy (non-hydrogen) atoms. The third-order valence-electron chi connectivity index (χ3n) is 4.38. The molecule has 0 aliphatic rings. The molecule has 0 bridgehead atoms. The number of hydrogen-bond acceptors (Lipinski definition) is 5. The minimum Gasteiger partial charge on any atom is -0.443 e. The zero-order chi connectivity index (χ0) is 24.5. The van der Waals surface area contributed by atoms with Gasteiger partial charge in [-0.15, -0.1) is 0 Å². The van der Waals surface area contributed by atoms with E-state index in [0.717, 1.165) is 0 Å². The third-order valence-corrected chi connectivity index (χ3v) is 6.30. The second-order valence-corrected chi connectivity index (χ2v) is 10.7. The summed E-state index contributed by atoms with van der Waals surface area (Å²) >= 11 is 0. The molecule has 0 saturated carbocycles. The molecule has 0 aromatic heterocycles. The van der Waals surface area contributed by atoms with Gasteiger partial charge in [-0.3, -0.25) is 4.90 Å². The molecule has 1 rings (SSSR count). The van der Waals surface area contributed by atoms with Gasteiger partial charge in [0, 0.05) is 32.2 Å². The molecule has 0 unspecified atom stereocenters. The molecule has 0 aliphatic carbocycles. The topological polar surface area (TPSA) is 90.7 Å².